The fourth-order valence-corrected chi connectivity index (χ4v) is 3.26. The average molecular weight is 345 g/mol. The Bertz CT molecular complexity index is 770. The summed E-state index contributed by atoms with van der Waals surface area (Å²) in [6.07, 6.45) is 2.69. The van der Waals surface area contributed by atoms with Gasteiger partial charge in [0.2, 0.25) is 5.91 Å². The van der Waals surface area contributed by atoms with Gasteiger partial charge in [-0.05, 0) is 37.1 Å². The van der Waals surface area contributed by atoms with Gasteiger partial charge in [-0.1, -0.05) is 18.6 Å². The van der Waals surface area contributed by atoms with E-state index in [0.29, 0.717) is 36.3 Å². The summed E-state index contributed by atoms with van der Waals surface area (Å²) in [4.78, 5) is 23.2. The summed E-state index contributed by atoms with van der Waals surface area (Å²) in [5.41, 5.74) is 0.383. The van der Waals surface area contributed by atoms with Crippen molar-refractivity contribution < 1.29 is 23.5 Å². The number of benzene rings is 1. The van der Waals surface area contributed by atoms with Crippen molar-refractivity contribution in [2.45, 2.75) is 38.1 Å². The second-order valence-electron chi connectivity index (χ2n) is 6.30. The van der Waals surface area contributed by atoms with Crippen LogP contribution in [0.5, 0.6) is 0 Å². The van der Waals surface area contributed by atoms with Crippen molar-refractivity contribution in [3.8, 4) is 11.3 Å². The fourth-order valence-electron chi connectivity index (χ4n) is 3.26. The molecule has 1 fully saturated rings. The molecule has 1 amide bonds. The van der Waals surface area contributed by atoms with Crippen LogP contribution in [0.25, 0.3) is 11.3 Å². The van der Waals surface area contributed by atoms with Crippen LogP contribution in [0.15, 0.2) is 40.8 Å². The number of aliphatic carboxylic acids is 1. The molecule has 1 aliphatic rings. The Balaban J connectivity index is 1.55. The third-order valence-electron chi connectivity index (χ3n) is 4.58. The number of hydrogen-bond donors (Lipinski definition) is 2. The lowest BCUT2D eigenvalue weighted by atomic mass is 10.0. The standard InChI is InChI=1S/C19H20FNO4/c20-15-6-2-1-4-13(15)17-10-8-12(25-17)9-11-18(22)21-16-7-3-5-14(16)19(23)24/h1-2,4,6,8,10,14,16H,3,5,7,9,11H2,(H,21,22)(H,23,24)/t14-,16+/m1/s1. The number of carbonyl (C=O) groups excluding carboxylic acids is 1. The Morgan fingerprint density at radius 3 is 2.76 bits per heavy atom. The highest BCUT2D eigenvalue weighted by Gasteiger charge is 2.33. The van der Waals surface area contributed by atoms with E-state index in [9.17, 15) is 14.0 Å². The van der Waals surface area contributed by atoms with E-state index in [1.165, 1.54) is 6.07 Å². The van der Waals surface area contributed by atoms with Gasteiger partial charge < -0.3 is 14.8 Å². The molecule has 132 valence electrons. The number of furan rings is 1. The molecule has 25 heavy (non-hydrogen) atoms. The summed E-state index contributed by atoms with van der Waals surface area (Å²) >= 11 is 0. The van der Waals surface area contributed by atoms with Crippen LogP contribution < -0.4 is 5.32 Å². The molecule has 0 radical (unpaired) electrons. The minimum atomic E-state index is -0.858. The molecule has 0 bridgehead atoms. The zero-order chi connectivity index (χ0) is 17.8. The number of carboxylic acid groups (broad SMARTS) is 1. The molecule has 5 nitrogen and oxygen atoms in total. The van der Waals surface area contributed by atoms with Gasteiger partial charge in [-0.25, -0.2) is 4.39 Å². The lowest BCUT2D eigenvalue weighted by molar-refractivity contribution is -0.142. The SMILES string of the molecule is O=C(CCc1ccc(-c2ccccc2F)o1)N[C@H]1CCC[C@H]1C(=O)O. The molecule has 0 unspecified atom stereocenters. The van der Waals surface area contributed by atoms with Crippen molar-refractivity contribution >= 4 is 11.9 Å². The van der Waals surface area contributed by atoms with Gasteiger partial charge in [0.25, 0.3) is 0 Å². The third-order valence-corrected chi connectivity index (χ3v) is 4.58. The second-order valence-corrected chi connectivity index (χ2v) is 6.30. The molecule has 1 aromatic heterocycles. The highest BCUT2D eigenvalue weighted by Crippen LogP contribution is 2.27. The number of amides is 1. The molecule has 2 aromatic rings. The predicted molar refractivity (Wildman–Crippen MR) is 89.3 cm³/mol. The zero-order valence-corrected chi connectivity index (χ0v) is 13.7. The Kier molecular flexibility index (Phi) is 5.16. The number of rotatable bonds is 6. The molecule has 1 saturated carbocycles. The monoisotopic (exact) mass is 345 g/mol. The van der Waals surface area contributed by atoms with Crippen LogP contribution in [0.3, 0.4) is 0 Å². The number of nitrogens with one attached hydrogen (secondary N) is 1. The minimum Gasteiger partial charge on any atom is -0.481 e. The van der Waals surface area contributed by atoms with Gasteiger partial charge in [0.05, 0.1) is 11.5 Å². The largest absolute Gasteiger partial charge is 0.481 e. The highest BCUT2D eigenvalue weighted by atomic mass is 19.1. The molecule has 2 atom stereocenters. The fraction of sp³-hybridized carbons (Fsp3) is 0.368. The maximum Gasteiger partial charge on any atom is 0.308 e. The van der Waals surface area contributed by atoms with Crippen molar-refractivity contribution in [3.63, 3.8) is 0 Å². The molecular weight excluding hydrogens is 325 g/mol. The quantitative estimate of drug-likeness (QED) is 0.841. The van der Waals surface area contributed by atoms with Crippen molar-refractivity contribution in [2.24, 2.45) is 5.92 Å². The van der Waals surface area contributed by atoms with Crippen molar-refractivity contribution in [2.75, 3.05) is 0 Å². The highest BCUT2D eigenvalue weighted by molar-refractivity contribution is 5.78. The number of carboxylic acids is 1. The Hall–Kier alpha value is -2.63. The molecule has 1 heterocycles. The Labute approximate surface area is 144 Å². The first kappa shape index (κ1) is 17.2. The topological polar surface area (TPSA) is 79.5 Å². The summed E-state index contributed by atoms with van der Waals surface area (Å²) in [5, 5.41) is 11.9. The molecule has 0 spiro atoms. The Morgan fingerprint density at radius 2 is 2.00 bits per heavy atom. The van der Waals surface area contributed by atoms with Gasteiger partial charge >= 0.3 is 5.97 Å². The number of aryl methyl sites for hydroxylation is 1. The van der Waals surface area contributed by atoms with Gasteiger partial charge in [0.1, 0.15) is 17.3 Å². The normalized spacial score (nSPS) is 19.7. The number of hydrogen-bond acceptors (Lipinski definition) is 3. The summed E-state index contributed by atoms with van der Waals surface area (Å²) in [7, 11) is 0. The van der Waals surface area contributed by atoms with Crippen molar-refractivity contribution in [1.29, 1.82) is 0 Å². The second kappa shape index (κ2) is 7.51. The first-order valence-corrected chi connectivity index (χ1v) is 8.40. The van der Waals surface area contributed by atoms with E-state index in [-0.39, 0.29) is 24.2 Å². The summed E-state index contributed by atoms with van der Waals surface area (Å²) in [6, 6.07) is 9.46. The maximum absolute atomic E-state index is 13.8. The molecular formula is C19H20FNO4. The van der Waals surface area contributed by atoms with E-state index >= 15 is 0 Å². The molecule has 6 heteroatoms. The van der Waals surface area contributed by atoms with Crippen LogP contribution in [0.2, 0.25) is 0 Å². The van der Waals surface area contributed by atoms with Gasteiger partial charge in [-0.3, -0.25) is 9.59 Å². The van der Waals surface area contributed by atoms with Gasteiger partial charge in [-0.15, -0.1) is 0 Å². The first-order chi connectivity index (χ1) is 12.0. The smallest absolute Gasteiger partial charge is 0.308 e. The number of halogens is 1. The molecule has 2 N–H and O–H groups in total. The van der Waals surface area contributed by atoms with E-state index in [1.807, 2.05) is 0 Å². The van der Waals surface area contributed by atoms with Crippen molar-refractivity contribution in [3.05, 3.63) is 48.0 Å². The lowest BCUT2D eigenvalue weighted by Crippen LogP contribution is -2.40. The van der Waals surface area contributed by atoms with Crippen LogP contribution in [-0.2, 0) is 16.0 Å². The van der Waals surface area contributed by atoms with E-state index in [0.717, 1.165) is 6.42 Å². The maximum atomic E-state index is 13.8. The predicted octanol–water partition coefficient (Wildman–Crippen LogP) is 3.39. The summed E-state index contributed by atoms with van der Waals surface area (Å²) in [6.45, 7) is 0. The summed E-state index contributed by atoms with van der Waals surface area (Å²) < 4.78 is 19.4. The summed E-state index contributed by atoms with van der Waals surface area (Å²) in [5.74, 6) is -0.891. The van der Waals surface area contributed by atoms with E-state index in [4.69, 9.17) is 9.52 Å². The van der Waals surface area contributed by atoms with Crippen LogP contribution in [0.1, 0.15) is 31.4 Å². The van der Waals surface area contributed by atoms with Crippen LogP contribution in [0, 0.1) is 11.7 Å². The van der Waals surface area contributed by atoms with Gasteiger partial charge in [0, 0.05) is 18.9 Å². The number of carbonyl (C=O) groups is 2. The first-order valence-electron chi connectivity index (χ1n) is 8.40. The van der Waals surface area contributed by atoms with E-state index in [1.54, 1.807) is 30.3 Å². The molecule has 0 aliphatic heterocycles. The van der Waals surface area contributed by atoms with Gasteiger partial charge in [-0.2, -0.15) is 0 Å². The van der Waals surface area contributed by atoms with E-state index < -0.39 is 11.9 Å². The lowest BCUT2D eigenvalue weighted by Gasteiger charge is -2.17. The third kappa shape index (κ3) is 4.07. The van der Waals surface area contributed by atoms with Crippen molar-refractivity contribution in [1.82, 2.24) is 5.32 Å². The van der Waals surface area contributed by atoms with Crippen LogP contribution >= 0.6 is 0 Å². The minimum absolute atomic E-state index is 0.193. The van der Waals surface area contributed by atoms with E-state index in [2.05, 4.69) is 5.32 Å². The average Bonchev–Trinajstić information content (AvgIpc) is 3.22. The molecule has 1 aliphatic carbocycles. The molecule has 1 aromatic carbocycles. The molecule has 3 rings (SSSR count). The zero-order valence-electron chi connectivity index (χ0n) is 13.7. The van der Waals surface area contributed by atoms with Gasteiger partial charge in [0.15, 0.2) is 0 Å². The molecule has 0 saturated heterocycles. The van der Waals surface area contributed by atoms with Crippen LogP contribution in [0.4, 0.5) is 4.39 Å². The Morgan fingerprint density at radius 1 is 1.20 bits per heavy atom. The van der Waals surface area contributed by atoms with Crippen LogP contribution in [-0.4, -0.2) is 23.0 Å².